The van der Waals surface area contributed by atoms with Crippen molar-refractivity contribution in [2.24, 2.45) is 0 Å². The number of hydrogen-bond donors (Lipinski definition) is 1. The molecule has 1 N–H and O–H groups in total. The number of carbonyl (C=O) groups excluding carboxylic acids is 1. The molecule has 1 aromatic carbocycles. The van der Waals surface area contributed by atoms with Crippen LogP contribution in [0.25, 0.3) is 0 Å². The van der Waals surface area contributed by atoms with Crippen LogP contribution in [-0.4, -0.2) is 29.2 Å². The molecule has 1 aliphatic rings. The summed E-state index contributed by atoms with van der Waals surface area (Å²) in [6.45, 7) is 1.15. The summed E-state index contributed by atoms with van der Waals surface area (Å²) in [5, 5.41) is 11.0. The Bertz CT molecular complexity index is 402. The predicted octanol–water partition coefficient (Wildman–Crippen LogP) is 2.16. The SMILES string of the molecule is O=C(c1cc(I)ccc1O)N1CCCCO1. The van der Waals surface area contributed by atoms with E-state index in [1.54, 1.807) is 12.1 Å². The zero-order valence-corrected chi connectivity index (χ0v) is 10.8. The van der Waals surface area contributed by atoms with Crippen LogP contribution in [0.1, 0.15) is 23.2 Å². The lowest BCUT2D eigenvalue weighted by Gasteiger charge is -2.26. The standard InChI is InChI=1S/C11H12INO3/c12-8-3-4-10(14)9(7-8)11(15)13-5-1-2-6-16-13/h3-4,7,14H,1-2,5-6H2. The molecule has 0 radical (unpaired) electrons. The summed E-state index contributed by atoms with van der Waals surface area (Å²) in [6, 6.07) is 4.94. The minimum absolute atomic E-state index is 0.000380. The smallest absolute Gasteiger partial charge is 0.281 e. The number of phenols is 1. The summed E-state index contributed by atoms with van der Waals surface area (Å²) >= 11 is 2.10. The Kier molecular flexibility index (Phi) is 3.65. The Labute approximate surface area is 107 Å². The predicted molar refractivity (Wildman–Crippen MR) is 67.0 cm³/mol. The number of rotatable bonds is 1. The van der Waals surface area contributed by atoms with Gasteiger partial charge in [-0.3, -0.25) is 9.63 Å². The highest BCUT2D eigenvalue weighted by atomic mass is 127. The van der Waals surface area contributed by atoms with Crippen molar-refractivity contribution in [1.82, 2.24) is 5.06 Å². The van der Waals surface area contributed by atoms with Crippen LogP contribution in [0.15, 0.2) is 18.2 Å². The summed E-state index contributed by atoms with van der Waals surface area (Å²) in [7, 11) is 0. The lowest BCUT2D eigenvalue weighted by Crippen LogP contribution is -2.35. The molecule has 0 aromatic heterocycles. The van der Waals surface area contributed by atoms with Crippen LogP contribution in [0, 0.1) is 3.57 Å². The van der Waals surface area contributed by atoms with E-state index in [0.717, 1.165) is 16.4 Å². The minimum Gasteiger partial charge on any atom is -0.507 e. The Hall–Kier alpha value is -0.820. The zero-order chi connectivity index (χ0) is 11.5. The molecule has 1 heterocycles. The fraction of sp³-hybridized carbons (Fsp3) is 0.364. The van der Waals surface area contributed by atoms with Gasteiger partial charge >= 0.3 is 0 Å². The number of nitrogens with zero attached hydrogens (tertiary/aromatic N) is 1. The van der Waals surface area contributed by atoms with Gasteiger partial charge < -0.3 is 5.11 Å². The van der Waals surface area contributed by atoms with E-state index >= 15 is 0 Å². The topological polar surface area (TPSA) is 49.8 Å². The second kappa shape index (κ2) is 5.01. The van der Waals surface area contributed by atoms with Gasteiger partial charge in [0.25, 0.3) is 5.91 Å². The number of halogens is 1. The fourth-order valence-corrected chi connectivity index (χ4v) is 2.06. The Morgan fingerprint density at radius 2 is 2.25 bits per heavy atom. The molecule has 1 aliphatic heterocycles. The van der Waals surface area contributed by atoms with Crippen molar-refractivity contribution >= 4 is 28.5 Å². The second-order valence-corrected chi connectivity index (χ2v) is 4.85. The third-order valence-electron chi connectivity index (χ3n) is 2.42. The maximum Gasteiger partial charge on any atom is 0.281 e. The normalized spacial score (nSPS) is 16.2. The van der Waals surface area contributed by atoms with Crippen molar-refractivity contribution in [2.45, 2.75) is 12.8 Å². The molecular formula is C11H12INO3. The van der Waals surface area contributed by atoms with E-state index in [2.05, 4.69) is 22.6 Å². The number of carbonyl (C=O) groups is 1. The molecule has 1 saturated heterocycles. The van der Waals surface area contributed by atoms with Crippen molar-refractivity contribution < 1.29 is 14.7 Å². The number of phenolic OH excluding ortho intramolecular Hbond substituents is 1. The Morgan fingerprint density at radius 1 is 1.44 bits per heavy atom. The highest BCUT2D eigenvalue weighted by Crippen LogP contribution is 2.22. The molecule has 1 aromatic rings. The van der Waals surface area contributed by atoms with Crippen molar-refractivity contribution in [3.8, 4) is 5.75 Å². The lowest BCUT2D eigenvalue weighted by molar-refractivity contribution is -0.144. The maximum absolute atomic E-state index is 12.0. The summed E-state index contributed by atoms with van der Waals surface area (Å²) in [5.41, 5.74) is 0.300. The molecule has 0 spiro atoms. The van der Waals surface area contributed by atoms with Crippen molar-refractivity contribution in [3.05, 3.63) is 27.3 Å². The number of hydroxylamine groups is 2. The van der Waals surface area contributed by atoms with E-state index in [9.17, 15) is 9.90 Å². The number of aromatic hydroxyl groups is 1. The average Bonchev–Trinajstić information content (AvgIpc) is 2.32. The van der Waals surface area contributed by atoms with E-state index in [4.69, 9.17) is 4.84 Å². The first-order chi connectivity index (χ1) is 7.68. The van der Waals surface area contributed by atoms with Crippen molar-refractivity contribution in [3.63, 3.8) is 0 Å². The third kappa shape index (κ3) is 2.46. The minimum atomic E-state index is -0.268. The summed E-state index contributed by atoms with van der Waals surface area (Å²) in [4.78, 5) is 17.3. The van der Waals surface area contributed by atoms with Crippen LogP contribution in [-0.2, 0) is 4.84 Å². The Morgan fingerprint density at radius 3 is 2.94 bits per heavy atom. The van der Waals surface area contributed by atoms with E-state index in [1.807, 2.05) is 0 Å². The van der Waals surface area contributed by atoms with Crippen LogP contribution in [0.3, 0.4) is 0 Å². The van der Waals surface area contributed by atoms with Gasteiger partial charge in [-0.25, -0.2) is 5.06 Å². The van der Waals surface area contributed by atoms with Gasteiger partial charge in [0.2, 0.25) is 0 Å². The van der Waals surface area contributed by atoms with E-state index in [-0.39, 0.29) is 11.7 Å². The molecule has 1 fully saturated rings. The molecule has 2 rings (SSSR count). The largest absolute Gasteiger partial charge is 0.507 e. The van der Waals surface area contributed by atoms with E-state index < -0.39 is 0 Å². The highest BCUT2D eigenvalue weighted by Gasteiger charge is 2.22. The molecular weight excluding hydrogens is 321 g/mol. The highest BCUT2D eigenvalue weighted by molar-refractivity contribution is 14.1. The van der Waals surface area contributed by atoms with Crippen molar-refractivity contribution in [2.75, 3.05) is 13.2 Å². The van der Waals surface area contributed by atoms with Gasteiger partial charge in [-0.05, 0) is 53.6 Å². The summed E-state index contributed by atoms with van der Waals surface area (Å²) < 4.78 is 0.913. The van der Waals surface area contributed by atoms with Gasteiger partial charge in [0, 0.05) is 10.1 Å². The molecule has 4 nitrogen and oxygen atoms in total. The van der Waals surface area contributed by atoms with Gasteiger partial charge in [0.05, 0.1) is 12.2 Å². The summed E-state index contributed by atoms with van der Waals surface area (Å²) in [5.74, 6) is -0.268. The average molecular weight is 333 g/mol. The number of benzene rings is 1. The molecule has 0 saturated carbocycles. The molecule has 0 atom stereocenters. The fourth-order valence-electron chi connectivity index (χ4n) is 1.57. The van der Waals surface area contributed by atoms with Crippen LogP contribution >= 0.6 is 22.6 Å². The van der Waals surface area contributed by atoms with Gasteiger partial charge in [-0.2, -0.15) is 0 Å². The zero-order valence-electron chi connectivity index (χ0n) is 8.65. The number of hydrogen-bond acceptors (Lipinski definition) is 3. The summed E-state index contributed by atoms with van der Waals surface area (Å²) in [6.07, 6.45) is 1.92. The van der Waals surface area contributed by atoms with Crippen LogP contribution < -0.4 is 0 Å². The first kappa shape index (κ1) is 11.7. The molecule has 0 aliphatic carbocycles. The molecule has 16 heavy (non-hydrogen) atoms. The maximum atomic E-state index is 12.0. The first-order valence-corrected chi connectivity index (χ1v) is 6.19. The lowest BCUT2D eigenvalue weighted by atomic mass is 10.2. The van der Waals surface area contributed by atoms with E-state index in [1.165, 1.54) is 11.1 Å². The van der Waals surface area contributed by atoms with Crippen molar-refractivity contribution in [1.29, 1.82) is 0 Å². The quantitative estimate of drug-likeness (QED) is 0.802. The second-order valence-electron chi connectivity index (χ2n) is 3.61. The van der Waals surface area contributed by atoms with Gasteiger partial charge in [0.15, 0.2) is 0 Å². The number of amides is 1. The van der Waals surface area contributed by atoms with Gasteiger partial charge in [0.1, 0.15) is 5.75 Å². The molecule has 5 heteroatoms. The molecule has 86 valence electrons. The molecule has 0 unspecified atom stereocenters. The monoisotopic (exact) mass is 333 g/mol. The van der Waals surface area contributed by atoms with Gasteiger partial charge in [-0.1, -0.05) is 0 Å². The molecule has 0 bridgehead atoms. The van der Waals surface area contributed by atoms with Crippen LogP contribution in [0.4, 0.5) is 0 Å². The van der Waals surface area contributed by atoms with Crippen LogP contribution in [0.5, 0.6) is 5.75 Å². The van der Waals surface area contributed by atoms with E-state index in [0.29, 0.717) is 18.7 Å². The first-order valence-electron chi connectivity index (χ1n) is 5.12. The third-order valence-corrected chi connectivity index (χ3v) is 3.09. The molecule has 1 amide bonds. The Balaban J connectivity index is 2.22. The van der Waals surface area contributed by atoms with Gasteiger partial charge in [-0.15, -0.1) is 0 Å². The van der Waals surface area contributed by atoms with Crippen LogP contribution in [0.2, 0.25) is 0 Å².